The van der Waals surface area contributed by atoms with Crippen LogP contribution in [-0.2, 0) is 9.53 Å². The largest absolute Gasteiger partial charge is 0.381 e. The smallest absolute Gasteiger partial charge is 0.253 e. The van der Waals surface area contributed by atoms with Gasteiger partial charge in [0.25, 0.3) is 5.91 Å². The number of ether oxygens (including phenoxy) is 1. The average molecular weight is 278 g/mol. The molecule has 1 aromatic carbocycles. The zero-order valence-corrected chi connectivity index (χ0v) is 12.2. The van der Waals surface area contributed by atoms with E-state index < -0.39 is 0 Å². The molecule has 0 atom stereocenters. The lowest BCUT2D eigenvalue weighted by Crippen LogP contribution is -2.31. The molecule has 2 amide bonds. The summed E-state index contributed by atoms with van der Waals surface area (Å²) < 4.78 is 5.13. The minimum Gasteiger partial charge on any atom is -0.381 e. The van der Waals surface area contributed by atoms with Gasteiger partial charge in [0.15, 0.2) is 0 Å². The topological polar surface area (TPSA) is 67.4 Å². The number of anilines is 1. The van der Waals surface area contributed by atoms with Gasteiger partial charge in [0.2, 0.25) is 5.91 Å². The highest BCUT2D eigenvalue weighted by molar-refractivity contribution is 6.03. The molecule has 20 heavy (non-hydrogen) atoms. The highest BCUT2D eigenvalue weighted by Crippen LogP contribution is 2.15. The molecule has 0 unspecified atom stereocenters. The van der Waals surface area contributed by atoms with Gasteiger partial charge in [-0.25, -0.2) is 0 Å². The maximum absolute atomic E-state index is 12.0. The van der Waals surface area contributed by atoms with Gasteiger partial charge in [0.1, 0.15) is 0 Å². The molecule has 0 aromatic heterocycles. The van der Waals surface area contributed by atoms with Crippen molar-refractivity contribution in [1.82, 2.24) is 5.32 Å². The Morgan fingerprint density at radius 2 is 1.95 bits per heavy atom. The second kappa shape index (κ2) is 8.32. The van der Waals surface area contributed by atoms with Gasteiger partial charge >= 0.3 is 0 Å². The number of nitrogens with one attached hydrogen (secondary N) is 2. The van der Waals surface area contributed by atoms with Gasteiger partial charge in [-0.15, -0.1) is 0 Å². The molecule has 0 heterocycles. The quantitative estimate of drug-likeness (QED) is 0.751. The second-order valence-electron chi connectivity index (χ2n) is 4.67. The standard InChI is InChI=1S/C15H22N2O3/c1-4-20-10-9-14(18)17-13-8-6-5-7-12(13)15(19)16-11(2)3/h5-8,11H,4,9-10H2,1-3H3,(H,16,19)(H,17,18). The highest BCUT2D eigenvalue weighted by atomic mass is 16.5. The van der Waals surface area contributed by atoms with Gasteiger partial charge in [-0.2, -0.15) is 0 Å². The van der Waals surface area contributed by atoms with Crippen LogP contribution in [0.5, 0.6) is 0 Å². The van der Waals surface area contributed by atoms with Crippen LogP contribution in [0.2, 0.25) is 0 Å². The highest BCUT2D eigenvalue weighted by Gasteiger charge is 2.13. The Hall–Kier alpha value is -1.88. The van der Waals surface area contributed by atoms with Gasteiger partial charge in [-0.1, -0.05) is 12.1 Å². The molecule has 0 fully saturated rings. The fourth-order valence-corrected chi connectivity index (χ4v) is 1.65. The SMILES string of the molecule is CCOCCC(=O)Nc1ccccc1C(=O)NC(C)C. The van der Waals surface area contributed by atoms with E-state index in [-0.39, 0.29) is 24.3 Å². The van der Waals surface area contributed by atoms with Crippen LogP contribution in [0.4, 0.5) is 5.69 Å². The van der Waals surface area contributed by atoms with Gasteiger partial charge in [-0.05, 0) is 32.9 Å². The molecule has 2 N–H and O–H groups in total. The number of rotatable bonds is 7. The van der Waals surface area contributed by atoms with Gasteiger partial charge in [-0.3, -0.25) is 9.59 Å². The Kier molecular flexibility index (Phi) is 6.73. The van der Waals surface area contributed by atoms with Crippen molar-refractivity contribution < 1.29 is 14.3 Å². The third-order valence-corrected chi connectivity index (χ3v) is 2.54. The van der Waals surface area contributed by atoms with Crippen LogP contribution < -0.4 is 10.6 Å². The number of para-hydroxylation sites is 1. The predicted molar refractivity (Wildman–Crippen MR) is 78.8 cm³/mol. The summed E-state index contributed by atoms with van der Waals surface area (Å²) in [5, 5.41) is 5.55. The van der Waals surface area contributed by atoms with E-state index in [4.69, 9.17) is 4.74 Å². The minimum absolute atomic E-state index is 0.0456. The maximum atomic E-state index is 12.0. The van der Waals surface area contributed by atoms with Crippen molar-refractivity contribution in [3.63, 3.8) is 0 Å². The minimum atomic E-state index is -0.194. The number of carbonyl (C=O) groups excluding carboxylic acids is 2. The van der Waals surface area contributed by atoms with Crippen molar-refractivity contribution in [2.75, 3.05) is 18.5 Å². The molecule has 0 aliphatic rings. The Morgan fingerprint density at radius 1 is 1.25 bits per heavy atom. The molecule has 0 bridgehead atoms. The fourth-order valence-electron chi connectivity index (χ4n) is 1.65. The predicted octanol–water partition coefficient (Wildman–Crippen LogP) is 2.19. The molecule has 1 rings (SSSR count). The molecule has 0 saturated carbocycles. The number of benzene rings is 1. The molecular weight excluding hydrogens is 256 g/mol. The van der Waals surface area contributed by atoms with E-state index in [0.717, 1.165) is 0 Å². The first kappa shape index (κ1) is 16.2. The Balaban J connectivity index is 2.70. The summed E-state index contributed by atoms with van der Waals surface area (Å²) in [5.41, 5.74) is 0.984. The third-order valence-electron chi connectivity index (χ3n) is 2.54. The summed E-state index contributed by atoms with van der Waals surface area (Å²) in [6.45, 7) is 6.62. The third kappa shape index (κ3) is 5.40. The summed E-state index contributed by atoms with van der Waals surface area (Å²) in [6.07, 6.45) is 0.272. The van der Waals surface area contributed by atoms with E-state index in [1.165, 1.54) is 0 Å². The second-order valence-corrected chi connectivity index (χ2v) is 4.67. The molecule has 5 heteroatoms. The number of hydrogen-bond acceptors (Lipinski definition) is 3. The zero-order chi connectivity index (χ0) is 15.0. The van der Waals surface area contributed by atoms with E-state index in [1.807, 2.05) is 20.8 Å². The first-order valence-electron chi connectivity index (χ1n) is 6.82. The molecule has 0 aliphatic carbocycles. The van der Waals surface area contributed by atoms with Crippen molar-refractivity contribution in [2.24, 2.45) is 0 Å². The first-order valence-corrected chi connectivity index (χ1v) is 6.82. The fraction of sp³-hybridized carbons (Fsp3) is 0.467. The molecule has 0 saturated heterocycles. The van der Waals surface area contributed by atoms with Crippen LogP contribution in [0.1, 0.15) is 37.6 Å². The molecule has 1 aromatic rings. The summed E-state index contributed by atoms with van der Waals surface area (Å²) >= 11 is 0. The lowest BCUT2D eigenvalue weighted by molar-refractivity contribution is -0.117. The van der Waals surface area contributed by atoms with Crippen molar-refractivity contribution in [2.45, 2.75) is 33.2 Å². The number of hydrogen-bond donors (Lipinski definition) is 2. The Morgan fingerprint density at radius 3 is 2.60 bits per heavy atom. The Labute approximate surface area is 119 Å². The van der Waals surface area contributed by atoms with Crippen LogP contribution in [0.25, 0.3) is 0 Å². The first-order chi connectivity index (χ1) is 9.54. The van der Waals surface area contributed by atoms with E-state index in [9.17, 15) is 9.59 Å². The number of amides is 2. The van der Waals surface area contributed by atoms with Gasteiger partial charge in [0.05, 0.1) is 24.3 Å². The summed E-state index contributed by atoms with van der Waals surface area (Å²) in [5.74, 6) is -0.357. The van der Waals surface area contributed by atoms with Crippen LogP contribution in [0, 0.1) is 0 Å². The zero-order valence-electron chi connectivity index (χ0n) is 12.2. The van der Waals surface area contributed by atoms with Crippen LogP contribution in [0.15, 0.2) is 24.3 Å². The average Bonchev–Trinajstić information content (AvgIpc) is 2.38. The summed E-state index contributed by atoms with van der Waals surface area (Å²) in [4.78, 5) is 23.8. The van der Waals surface area contributed by atoms with E-state index in [0.29, 0.717) is 24.5 Å². The maximum Gasteiger partial charge on any atom is 0.253 e. The normalized spacial score (nSPS) is 10.4. The van der Waals surface area contributed by atoms with Crippen molar-refractivity contribution in [1.29, 1.82) is 0 Å². The molecular formula is C15H22N2O3. The molecule has 0 aliphatic heterocycles. The molecule has 110 valence electrons. The lowest BCUT2D eigenvalue weighted by Gasteiger charge is -2.13. The van der Waals surface area contributed by atoms with Crippen LogP contribution in [0.3, 0.4) is 0 Å². The van der Waals surface area contributed by atoms with Gasteiger partial charge in [0, 0.05) is 12.6 Å². The Bertz CT molecular complexity index is 458. The summed E-state index contributed by atoms with van der Waals surface area (Å²) in [6, 6.07) is 7.00. The molecule has 0 radical (unpaired) electrons. The summed E-state index contributed by atoms with van der Waals surface area (Å²) in [7, 11) is 0. The molecule has 0 spiro atoms. The van der Waals surface area contributed by atoms with Crippen molar-refractivity contribution in [3.8, 4) is 0 Å². The van der Waals surface area contributed by atoms with E-state index >= 15 is 0 Å². The lowest BCUT2D eigenvalue weighted by atomic mass is 10.1. The molecule has 5 nitrogen and oxygen atoms in total. The van der Waals surface area contributed by atoms with Crippen molar-refractivity contribution >= 4 is 17.5 Å². The van der Waals surface area contributed by atoms with Crippen LogP contribution >= 0.6 is 0 Å². The number of carbonyl (C=O) groups is 2. The van der Waals surface area contributed by atoms with E-state index in [1.54, 1.807) is 24.3 Å². The van der Waals surface area contributed by atoms with Gasteiger partial charge < -0.3 is 15.4 Å². The van der Waals surface area contributed by atoms with Crippen LogP contribution in [-0.4, -0.2) is 31.1 Å². The van der Waals surface area contributed by atoms with Crippen molar-refractivity contribution in [3.05, 3.63) is 29.8 Å². The van der Waals surface area contributed by atoms with E-state index in [2.05, 4.69) is 10.6 Å². The monoisotopic (exact) mass is 278 g/mol.